The lowest BCUT2D eigenvalue weighted by Crippen LogP contribution is -2.48. The van der Waals surface area contributed by atoms with E-state index in [-0.39, 0.29) is 21.7 Å². The Balaban J connectivity index is 1.21. The van der Waals surface area contributed by atoms with Crippen molar-refractivity contribution in [2.45, 2.75) is 48.8 Å². The van der Waals surface area contributed by atoms with Gasteiger partial charge in [0.05, 0.1) is 15.5 Å². The predicted octanol–water partition coefficient (Wildman–Crippen LogP) is 5.90. The van der Waals surface area contributed by atoms with Gasteiger partial charge in [0.15, 0.2) is 0 Å². The molecular weight excluding hydrogens is 514 g/mol. The van der Waals surface area contributed by atoms with E-state index in [0.29, 0.717) is 5.69 Å². The molecule has 3 aromatic carbocycles. The molecule has 1 N–H and O–H groups in total. The smallest absolute Gasteiger partial charge is 0.269 e. The fourth-order valence-corrected chi connectivity index (χ4v) is 8.92. The van der Waals surface area contributed by atoms with Crippen LogP contribution in [0.15, 0.2) is 83.8 Å². The first-order chi connectivity index (χ1) is 18.7. The number of carbonyl (C=O) groups excluding carboxylic acids is 1. The van der Waals surface area contributed by atoms with Gasteiger partial charge in [-0.25, -0.2) is 8.42 Å². The Morgan fingerprint density at radius 2 is 1.44 bits per heavy atom. The van der Waals surface area contributed by atoms with Gasteiger partial charge in [-0.1, -0.05) is 30.3 Å². The number of amides is 1. The molecule has 7 rings (SSSR count). The van der Waals surface area contributed by atoms with Gasteiger partial charge in [-0.2, -0.15) is 0 Å². The molecule has 0 unspecified atom stereocenters. The summed E-state index contributed by atoms with van der Waals surface area (Å²) in [6.45, 7) is -0.480. The zero-order valence-electron chi connectivity index (χ0n) is 21.5. The van der Waals surface area contributed by atoms with Crippen molar-refractivity contribution in [3.8, 4) is 0 Å². The van der Waals surface area contributed by atoms with Crippen LogP contribution in [0.5, 0.6) is 0 Å². The number of carbonyl (C=O) groups is 1. The van der Waals surface area contributed by atoms with Crippen molar-refractivity contribution >= 4 is 33.0 Å². The third-order valence-electron chi connectivity index (χ3n) is 8.79. The second-order valence-corrected chi connectivity index (χ2v) is 13.3. The third kappa shape index (κ3) is 4.91. The number of nitrogens with one attached hydrogen (secondary N) is 1. The number of nitrogens with zero attached hydrogens (tertiary/aromatic N) is 2. The van der Waals surface area contributed by atoms with Gasteiger partial charge in [-0.05, 0) is 104 Å². The Bertz CT molecular complexity index is 1450. The summed E-state index contributed by atoms with van der Waals surface area (Å²) < 4.78 is 28.0. The van der Waals surface area contributed by atoms with Crippen molar-refractivity contribution in [1.82, 2.24) is 0 Å². The lowest BCUT2D eigenvalue weighted by Gasteiger charge is -2.57. The Morgan fingerprint density at radius 1 is 0.872 bits per heavy atom. The largest absolute Gasteiger partial charge is 0.325 e. The van der Waals surface area contributed by atoms with Gasteiger partial charge in [0.25, 0.3) is 15.7 Å². The summed E-state index contributed by atoms with van der Waals surface area (Å²) >= 11 is 0. The number of nitro benzene ring substituents is 1. The van der Waals surface area contributed by atoms with Crippen LogP contribution in [-0.4, -0.2) is 25.8 Å². The molecule has 202 valence electrons. The topological polar surface area (TPSA) is 110 Å². The molecule has 4 saturated carbocycles. The minimum absolute atomic E-state index is 0.0241. The quantitative estimate of drug-likeness (QED) is 0.280. The average Bonchev–Trinajstić information content (AvgIpc) is 2.92. The number of anilines is 2. The molecule has 1 amide bonds. The molecule has 39 heavy (non-hydrogen) atoms. The van der Waals surface area contributed by atoms with Gasteiger partial charge in [0, 0.05) is 17.8 Å². The van der Waals surface area contributed by atoms with E-state index in [1.54, 1.807) is 18.2 Å². The van der Waals surface area contributed by atoms with Crippen LogP contribution in [0.25, 0.3) is 0 Å². The average molecular weight is 546 g/mol. The van der Waals surface area contributed by atoms with Crippen LogP contribution in [0.3, 0.4) is 0 Å². The zero-order chi connectivity index (χ0) is 27.2. The summed E-state index contributed by atoms with van der Waals surface area (Å²) in [6, 6.07) is 21.0. The molecular formula is C30H31N3O5S. The molecule has 4 bridgehead atoms. The number of nitro groups is 1. The van der Waals surface area contributed by atoms with Crippen molar-refractivity contribution in [1.29, 1.82) is 0 Å². The van der Waals surface area contributed by atoms with Gasteiger partial charge < -0.3 is 5.32 Å². The van der Waals surface area contributed by atoms with E-state index in [2.05, 4.69) is 17.4 Å². The molecule has 0 heterocycles. The van der Waals surface area contributed by atoms with Crippen molar-refractivity contribution in [3.05, 3.63) is 94.5 Å². The predicted molar refractivity (Wildman–Crippen MR) is 149 cm³/mol. The number of hydrogen-bond donors (Lipinski definition) is 1. The van der Waals surface area contributed by atoms with Crippen molar-refractivity contribution in [2.24, 2.45) is 17.8 Å². The Morgan fingerprint density at radius 3 is 1.97 bits per heavy atom. The SMILES string of the molecule is O=C(CN(c1ccc([N+](=O)[O-])cc1)S(=O)(=O)c1ccccc1)Nc1ccc(C23CC4CC(CC(C4)C2)C3)cc1. The van der Waals surface area contributed by atoms with E-state index in [4.69, 9.17) is 0 Å². The van der Waals surface area contributed by atoms with E-state index in [1.807, 2.05) is 12.1 Å². The van der Waals surface area contributed by atoms with Crippen molar-refractivity contribution < 1.29 is 18.1 Å². The van der Waals surface area contributed by atoms with Crippen LogP contribution >= 0.6 is 0 Å². The summed E-state index contributed by atoms with van der Waals surface area (Å²) in [6.07, 6.45) is 7.91. The molecule has 0 spiro atoms. The first-order valence-electron chi connectivity index (χ1n) is 13.4. The van der Waals surface area contributed by atoms with Gasteiger partial charge in [0.2, 0.25) is 5.91 Å². The lowest BCUT2D eigenvalue weighted by atomic mass is 9.48. The molecule has 0 saturated heterocycles. The number of benzene rings is 3. The zero-order valence-corrected chi connectivity index (χ0v) is 22.3. The highest BCUT2D eigenvalue weighted by Gasteiger charge is 2.51. The molecule has 4 fully saturated rings. The van der Waals surface area contributed by atoms with E-state index in [0.717, 1.165) is 22.1 Å². The first-order valence-corrected chi connectivity index (χ1v) is 14.9. The van der Waals surface area contributed by atoms with Crippen LogP contribution in [0.1, 0.15) is 44.1 Å². The monoisotopic (exact) mass is 545 g/mol. The molecule has 0 aliphatic heterocycles. The fourth-order valence-electron chi connectivity index (χ4n) is 7.48. The van der Waals surface area contributed by atoms with Crippen molar-refractivity contribution in [3.63, 3.8) is 0 Å². The minimum Gasteiger partial charge on any atom is -0.325 e. The first kappa shape index (κ1) is 25.6. The second-order valence-electron chi connectivity index (χ2n) is 11.4. The maximum Gasteiger partial charge on any atom is 0.269 e. The van der Waals surface area contributed by atoms with Crippen LogP contribution in [-0.2, 0) is 20.2 Å². The van der Waals surface area contributed by atoms with Gasteiger partial charge in [-0.15, -0.1) is 0 Å². The van der Waals surface area contributed by atoms with Crippen LogP contribution < -0.4 is 9.62 Å². The van der Waals surface area contributed by atoms with Gasteiger partial charge in [-0.3, -0.25) is 19.2 Å². The Kier molecular flexibility index (Phi) is 6.41. The highest BCUT2D eigenvalue weighted by Crippen LogP contribution is 2.60. The molecule has 0 atom stereocenters. The molecule has 0 aromatic heterocycles. The minimum atomic E-state index is -4.10. The molecule has 8 nitrogen and oxygen atoms in total. The van der Waals surface area contributed by atoms with E-state index < -0.39 is 27.4 Å². The summed E-state index contributed by atoms with van der Waals surface area (Å²) in [4.78, 5) is 23.7. The maximum absolute atomic E-state index is 13.5. The number of sulfonamides is 1. The third-order valence-corrected chi connectivity index (χ3v) is 10.6. The summed E-state index contributed by atoms with van der Waals surface area (Å²) in [5.41, 5.74) is 2.21. The van der Waals surface area contributed by atoms with E-state index >= 15 is 0 Å². The molecule has 9 heteroatoms. The lowest BCUT2D eigenvalue weighted by molar-refractivity contribution is -0.384. The number of rotatable bonds is 8. The highest BCUT2D eigenvalue weighted by atomic mass is 32.2. The summed E-state index contributed by atoms with van der Waals surface area (Å²) in [5, 5.41) is 13.9. The number of non-ortho nitro benzene ring substituents is 1. The maximum atomic E-state index is 13.5. The Hall–Kier alpha value is -3.72. The van der Waals surface area contributed by atoms with Crippen LogP contribution in [0, 0.1) is 27.9 Å². The molecule has 0 radical (unpaired) electrons. The normalized spacial score (nSPS) is 25.3. The fraction of sp³-hybridized carbons (Fsp3) is 0.367. The molecule has 4 aliphatic rings. The highest BCUT2D eigenvalue weighted by molar-refractivity contribution is 7.92. The van der Waals surface area contributed by atoms with E-state index in [1.165, 1.54) is 80.5 Å². The van der Waals surface area contributed by atoms with E-state index in [9.17, 15) is 23.3 Å². The standard InChI is InChI=1S/C30H31N3O5S/c34-29(31-25-8-6-24(7-9-25)30-17-21-14-22(18-30)16-23(15-21)19-30)20-32(26-10-12-27(13-11-26)33(35)36)39(37,38)28-4-2-1-3-5-28/h1-13,21-23H,14-20H2,(H,31,34). The summed E-state index contributed by atoms with van der Waals surface area (Å²) in [5.74, 6) is 2.02. The Labute approximate surface area is 228 Å². The number of hydrogen-bond acceptors (Lipinski definition) is 5. The molecule has 4 aliphatic carbocycles. The molecule has 3 aromatic rings. The van der Waals surface area contributed by atoms with Crippen molar-refractivity contribution in [2.75, 3.05) is 16.2 Å². The van der Waals surface area contributed by atoms with Crippen LogP contribution in [0.4, 0.5) is 17.1 Å². The second kappa shape index (κ2) is 9.79. The van der Waals surface area contributed by atoms with Gasteiger partial charge in [0.1, 0.15) is 6.54 Å². The van der Waals surface area contributed by atoms with Crippen LogP contribution in [0.2, 0.25) is 0 Å². The summed E-state index contributed by atoms with van der Waals surface area (Å²) in [7, 11) is -4.10. The van der Waals surface area contributed by atoms with Gasteiger partial charge >= 0.3 is 0 Å².